The quantitative estimate of drug-likeness (QED) is 0.240. The first-order chi connectivity index (χ1) is 19.9. The normalized spacial score (nSPS) is 37.5. The molecule has 7 N–H and O–H groups in total. The third-order valence-electron chi connectivity index (χ3n) is 7.63. The Morgan fingerprint density at radius 3 is 2.62 bits per heavy atom. The molecule has 3 fully saturated rings. The first kappa shape index (κ1) is 30.0. The van der Waals surface area contributed by atoms with Crippen LogP contribution in [0.1, 0.15) is 34.6 Å². The standard InChI is InChI=1S/C22H27N7O9P2S2/c23-20-16-22(27-8-26-20)29(9-28-16)14-4-11-5-34-40(33,42)38-19-17(30)15(7-36-39(32,41)35-6-12(11)14)37-18(19)10-1-2-25-13(3-10)21(24)31/h1-3,8-9,11-12,14-15,17-19,30H,4-7H2,(H2,24,31)(H,32,41)(H,33,42)(H2,23,26,27)/t11-,12-,14-,15-,17-,18+,19-,39?,40?/m1/s1. The Morgan fingerprint density at radius 1 is 1.07 bits per heavy atom. The van der Waals surface area contributed by atoms with Gasteiger partial charge in [0.2, 0.25) is 0 Å². The summed E-state index contributed by atoms with van der Waals surface area (Å²) in [5, 5.41) is 11.1. The number of imidazole rings is 1. The predicted molar refractivity (Wildman–Crippen MR) is 152 cm³/mol. The lowest BCUT2D eigenvalue weighted by molar-refractivity contribution is -0.0275. The Labute approximate surface area is 248 Å². The fourth-order valence-electron chi connectivity index (χ4n) is 5.43. The Kier molecular flexibility index (Phi) is 8.19. The summed E-state index contributed by atoms with van der Waals surface area (Å²) in [5.41, 5.74) is 12.6. The van der Waals surface area contributed by atoms with Crippen LogP contribution >= 0.6 is 13.4 Å². The summed E-state index contributed by atoms with van der Waals surface area (Å²) in [4.78, 5) is 50.1. The number of aliphatic hydroxyl groups is 1. The first-order valence-electron chi connectivity index (χ1n) is 12.7. The van der Waals surface area contributed by atoms with Crippen molar-refractivity contribution in [2.24, 2.45) is 17.6 Å². The number of fused-ring (bicyclic) bond motifs is 4. The van der Waals surface area contributed by atoms with Gasteiger partial charge in [0.25, 0.3) is 5.91 Å². The molecule has 16 nitrogen and oxygen atoms in total. The number of hydrogen-bond acceptors (Lipinski definition) is 14. The molecule has 3 aromatic rings. The SMILES string of the molecule is NC(=O)c1cc([C@@H]2O[C@@H]3COP(O)(=S)OC[C@@H]4[C@@H](COP(O)(=S)O[C@@H]2[C@@H]3O)C[C@H]4n2cnc3c(N)ncnc32)ccn1. The molecule has 20 heteroatoms. The minimum absolute atomic E-state index is 0.0178. The largest absolute Gasteiger partial charge is 0.387 e. The van der Waals surface area contributed by atoms with Crippen molar-refractivity contribution >= 4 is 59.9 Å². The molecule has 9 atom stereocenters. The number of hydrogen-bond donors (Lipinski definition) is 5. The zero-order valence-corrected chi connectivity index (χ0v) is 25.1. The topological polar surface area (TPSA) is 232 Å². The van der Waals surface area contributed by atoms with E-state index < -0.39 is 43.8 Å². The molecule has 6 rings (SSSR count). The minimum atomic E-state index is -3.93. The van der Waals surface area contributed by atoms with Crippen LogP contribution in [0.2, 0.25) is 0 Å². The van der Waals surface area contributed by atoms with Gasteiger partial charge in [-0.1, -0.05) is 0 Å². The van der Waals surface area contributed by atoms with Gasteiger partial charge in [0.05, 0.1) is 26.1 Å². The summed E-state index contributed by atoms with van der Waals surface area (Å²) in [6.45, 7) is -8.13. The first-order valence-corrected chi connectivity index (χ1v) is 17.9. The molecular weight excluding hydrogens is 632 g/mol. The number of nitrogens with zero attached hydrogens (tertiary/aromatic N) is 5. The van der Waals surface area contributed by atoms with E-state index >= 15 is 0 Å². The molecule has 1 amide bonds. The number of carbonyl (C=O) groups excluding carboxylic acids is 1. The summed E-state index contributed by atoms with van der Waals surface area (Å²) in [6.07, 6.45) is 0.129. The Morgan fingerprint density at radius 2 is 1.83 bits per heavy atom. The second kappa shape index (κ2) is 11.5. The smallest absolute Gasteiger partial charge is 0.324 e. The average molecular weight is 660 g/mol. The van der Waals surface area contributed by atoms with Crippen LogP contribution in [0.15, 0.2) is 31.0 Å². The van der Waals surface area contributed by atoms with Crippen LogP contribution in [0.5, 0.6) is 0 Å². The number of ether oxygens (including phenoxy) is 1. The molecule has 1 saturated carbocycles. The van der Waals surface area contributed by atoms with Crippen molar-refractivity contribution in [2.75, 3.05) is 25.6 Å². The van der Waals surface area contributed by atoms with E-state index in [0.717, 1.165) is 0 Å². The number of carbonyl (C=O) groups is 1. The number of rotatable bonds is 3. The molecule has 2 bridgehead atoms. The molecule has 42 heavy (non-hydrogen) atoms. The summed E-state index contributed by atoms with van der Waals surface area (Å²) in [7, 11) is 0. The molecular formula is C22H27N7O9P2S2. The van der Waals surface area contributed by atoms with E-state index in [1.807, 2.05) is 4.57 Å². The van der Waals surface area contributed by atoms with E-state index in [1.165, 1.54) is 24.7 Å². The van der Waals surface area contributed by atoms with Gasteiger partial charge in [0.15, 0.2) is 11.5 Å². The third kappa shape index (κ3) is 5.87. The van der Waals surface area contributed by atoms with Crippen LogP contribution in [0.3, 0.4) is 0 Å². The van der Waals surface area contributed by atoms with Crippen molar-refractivity contribution in [3.63, 3.8) is 0 Å². The molecule has 5 heterocycles. The Bertz CT molecular complexity index is 1620. The summed E-state index contributed by atoms with van der Waals surface area (Å²) >= 11 is 10.6. The fourth-order valence-corrected chi connectivity index (χ4v) is 8.03. The monoisotopic (exact) mass is 659 g/mol. The number of amides is 1. The maximum Gasteiger partial charge on any atom is 0.324 e. The van der Waals surface area contributed by atoms with Gasteiger partial charge >= 0.3 is 13.4 Å². The van der Waals surface area contributed by atoms with Gasteiger partial charge in [-0.3, -0.25) is 14.3 Å². The van der Waals surface area contributed by atoms with Gasteiger partial charge in [0.1, 0.15) is 42.0 Å². The molecule has 0 aromatic carbocycles. The van der Waals surface area contributed by atoms with Crippen LogP contribution in [0.4, 0.5) is 5.82 Å². The van der Waals surface area contributed by atoms with E-state index in [0.29, 0.717) is 23.1 Å². The van der Waals surface area contributed by atoms with Gasteiger partial charge in [-0.05, 0) is 53.6 Å². The third-order valence-corrected chi connectivity index (χ3v) is 10.8. The molecule has 3 aliphatic rings. The van der Waals surface area contributed by atoms with Crippen LogP contribution in [-0.2, 0) is 46.4 Å². The number of primary amides is 1. The van der Waals surface area contributed by atoms with E-state index in [2.05, 4.69) is 19.9 Å². The number of nitrogen functional groups attached to an aromatic ring is 1. The second-order valence-corrected chi connectivity index (χ2v) is 15.8. The second-order valence-electron chi connectivity index (χ2n) is 10.1. The van der Waals surface area contributed by atoms with E-state index in [9.17, 15) is 19.7 Å². The van der Waals surface area contributed by atoms with Crippen LogP contribution in [0, 0.1) is 11.8 Å². The lowest BCUT2D eigenvalue weighted by Crippen LogP contribution is -2.43. The van der Waals surface area contributed by atoms with Crippen molar-refractivity contribution in [1.82, 2.24) is 24.5 Å². The summed E-state index contributed by atoms with van der Waals surface area (Å²) in [6, 6.07) is 2.73. The Hall–Kier alpha value is -2.05. The summed E-state index contributed by atoms with van der Waals surface area (Å²) in [5.74, 6) is -1.00. The number of pyridine rings is 1. The van der Waals surface area contributed by atoms with Crippen molar-refractivity contribution in [1.29, 1.82) is 0 Å². The van der Waals surface area contributed by atoms with E-state index in [1.54, 1.807) is 6.33 Å². The highest BCUT2D eigenvalue weighted by Gasteiger charge is 2.50. The lowest BCUT2D eigenvalue weighted by atomic mass is 9.70. The highest BCUT2D eigenvalue weighted by Crippen LogP contribution is 2.55. The highest BCUT2D eigenvalue weighted by atomic mass is 32.5. The molecule has 0 radical (unpaired) electrons. The molecule has 2 saturated heterocycles. The summed E-state index contributed by atoms with van der Waals surface area (Å²) < 4.78 is 30.7. The maximum absolute atomic E-state index is 11.7. The van der Waals surface area contributed by atoms with Gasteiger partial charge in [-0.25, -0.2) is 15.0 Å². The molecule has 1 aliphatic carbocycles. The Balaban J connectivity index is 1.27. The van der Waals surface area contributed by atoms with Crippen LogP contribution in [0.25, 0.3) is 11.2 Å². The number of aliphatic hydroxyl groups excluding tert-OH is 1. The molecule has 3 aromatic heterocycles. The predicted octanol–water partition coefficient (Wildman–Crippen LogP) is 0.463. The number of aromatic nitrogens is 5. The molecule has 2 unspecified atom stereocenters. The van der Waals surface area contributed by atoms with Gasteiger partial charge in [0, 0.05) is 18.2 Å². The van der Waals surface area contributed by atoms with Gasteiger partial charge in [-0.15, -0.1) is 0 Å². The lowest BCUT2D eigenvalue weighted by Gasteiger charge is -2.45. The molecule has 226 valence electrons. The van der Waals surface area contributed by atoms with Crippen molar-refractivity contribution in [3.05, 3.63) is 42.2 Å². The maximum atomic E-state index is 11.7. The van der Waals surface area contributed by atoms with Crippen molar-refractivity contribution in [3.8, 4) is 0 Å². The molecule has 2 aliphatic heterocycles. The minimum Gasteiger partial charge on any atom is -0.387 e. The van der Waals surface area contributed by atoms with E-state index in [-0.39, 0.29) is 49.2 Å². The highest BCUT2D eigenvalue weighted by molar-refractivity contribution is 8.07. The van der Waals surface area contributed by atoms with Gasteiger partial charge in [-0.2, -0.15) is 0 Å². The fraction of sp³-hybridized carbons (Fsp3) is 0.500. The zero-order valence-electron chi connectivity index (χ0n) is 21.6. The van der Waals surface area contributed by atoms with Crippen molar-refractivity contribution in [2.45, 2.75) is 36.9 Å². The van der Waals surface area contributed by atoms with Crippen molar-refractivity contribution < 1.29 is 42.5 Å². The number of nitrogens with two attached hydrogens (primary N) is 2. The number of anilines is 1. The van der Waals surface area contributed by atoms with Crippen LogP contribution in [-0.4, -0.2) is 83.4 Å². The van der Waals surface area contributed by atoms with Gasteiger partial charge < -0.3 is 49.2 Å². The van der Waals surface area contributed by atoms with E-state index in [4.69, 9.17) is 57.9 Å². The zero-order chi connectivity index (χ0) is 29.8. The van der Waals surface area contributed by atoms with Crippen LogP contribution < -0.4 is 11.5 Å². The average Bonchev–Trinajstić information content (AvgIpc) is 3.48. The molecule has 0 spiro atoms.